The van der Waals surface area contributed by atoms with Crippen LogP contribution in [0.3, 0.4) is 0 Å². The molecule has 33 heavy (non-hydrogen) atoms. The highest BCUT2D eigenvalue weighted by molar-refractivity contribution is 14.1. The van der Waals surface area contributed by atoms with Gasteiger partial charge in [-0.05, 0) is 52.4 Å². The molecule has 0 aliphatic heterocycles. The lowest BCUT2D eigenvalue weighted by atomic mass is 9.83. The fraction of sp³-hybridized carbons (Fsp3) is 0.440. The van der Waals surface area contributed by atoms with Crippen molar-refractivity contribution in [3.63, 3.8) is 0 Å². The quantitative estimate of drug-likeness (QED) is 0.175. The number of nitrogens with zero attached hydrogens (tertiary/aromatic N) is 3. The highest BCUT2D eigenvalue weighted by Gasteiger charge is 2.42. The Kier molecular flexibility index (Phi) is 6.89. The van der Waals surface area contributed by atoms with Crippen molar-refractivity contribution in [3.05, 3.63) is 57.1 Å². The fourth-order valence-electron chi connectivity index (χ4n) is 4.21. The summed E-state index contributed by atoms with van der Waals surface area (Å²) in [6, 6.07) is 9.26. The maximum absolute atomic E-state index is 6.17. The second-order valence-electron chi connectivity index (χ2n) is 10.2. The van der Waals surface area contributed by atoms with Gasteiger partial charge in [-0.15, -0.1) is 0 Å². The molecule has 1 aromatic carbocycles. The number of hydrogen-bond donors (Lipinski definition) is 0. The molecule has 6 nitrogen and oxygen atoms in total. The summed E-state index contributed by atoms with van der Waals surface area (Å²) in [5.74, 6) is 1.45. The standard InChI is InChI=1S/C25H32IN3O3Si/c1-25(2)19-13-21(32-15-17-8-7-9-27-14-17)20(30-3)12-18(19)23-22(25)24(26)28-29(23)16-31-10-11-33(4,5)6/h7-9,12-14H,10-11,15-16H2,1-6H3. The number of fused-ring (bicyclic) bond motifs is 3. The van der Waals surface area contributed by atoms with Crippen molar-refractivity contribution in [2.24, 2.45) is 0 Å². The Morgan fingerprint density at radius 1 is 1.15 bits per heavy atom. The lowest BCUT2D eigenvalue weighted by molar-refractivity contribution is 0.0795. The van der Waals surface area contributed by atoms with Gasteiger partial charge < -0.3 is 14.2 Å². The normalized spacial score (nSPS) is 14.2. The maximum Gasteiger partial charge on any atom is 0.162 e. The molecule has 0 radical (unpaired) electrons. The van der Waals surface area contributed by atoms with Crippen molar-refractivity contribution in [1.29, 1.82) is 0 Å². The van der Waals surface area contributed by atoms with Gasteiger partial charge in [-0.1, -0.05) is 39.6 Å². The van der Waals surface area contributed by atoms with Gasteiger partial charge in [0, 0.05) is 49.2 Å². The number of benzene rings is 1. The molecule has 8 heteroatoms. The van der Waals surface area contributed by atoms with Crippen LogP contribution in [0.2, 0.25) is 25.7 Å². The molecule has 1 aliphatic carbocycles. The van der Waals surface area contributed by atoms with Crippen molar-refractivity contribution in [1.82, 2.24) is 14.8 Å². The van der Waals surface area contributed by atoms with Gasteiger partial charge in [-0.3, -0.25) is 4.98 Å². The molecule has 0 N–H and O–H groups in total. The van der Waals surface area contributed by atoms with Gasteiger partial charge in [0.15, 0.2) is 11.5 Å². The molecular formula is C25H32IN3O3Si. The van der Waals surface area contributed by atoms with Gasteiger partial charge in [-0.2, -0.15) is 5.10 Å². The molecule has 0 saturated carbocycles. The smallest absolute Gasteiger partial charge is 0.162 e. The van der Waals surface area contributed by atoms with E-state index in [-0.39, 0.29) is 5.41 Å². The van der Waals surface area contributed by atoms with Crippen LogP contribution in [-0.4, -0.2) is 36.6 Å². The first kappa shape index (κ1) is 24.2. The predicted molar refractivity (Wildman–Crippen MR) is 142 cm³/mol. The van der Waals surface area contributed by atoms with E-state index in [4.69, 9.17) is 19.3 Å². The van der Waals surface area contributed by atoms with Gasteiger partial charge in [0.1, 0.15) is 17.0 Å². The van der Waals surface area contributed by atoms with E-state index in [1.165, 1.54) is 11.1 Å². The van der Waals surface area contributed by atoms with Gasteiger partial charge in [-0.25, -0.2) is 4.68 Å². The summed E-state index contributed by atoms with van der Waals surface area (Å²) in [6.07, 6.45) is 3.58. The molecule has 0 fully saturated rings. The summed E-state index contributed by atoms with van der Waals surface area (Å²) in [5.41, 5.74) is 5.51. The molecular weight excluding hydrogens is 545 g/mol. The third-order valence-corrected chi connectivity index (χ3v) is 8.55. The Morgan fingerprint density at radius 2 is 1.94 bits per heavy atom. The van der Waals surface area contributed by atoms with E-state index in [9.17, 15) is 0 Å². The van der Waals surface area contributed by atoms with Crippen LogP contribution in [-0.2, 0) is 23.5 Å². The molecule has 0 atom stereocenters. The molecule has 0 spiro atoms. The van der Waals surface area contributed by atoms with E-state index < -0.39 is 8.07 Å². The number of aromatic nitrogens is 3. The molecule has 176 valence electrons. The van der Waals surface area contributed by atoms with Crippen LogP contribution in [0, 0.1) is 3.70 Å². The molecule has 3 aromatic rings. The van der Waals surface area contributed by atoms with Gasteiger partial charge in [0.2, 0.25) is 0 Å². The molecule has 0 unspecified atom stereocenters. The number of hydrogen-bond acceptors (Lipinski definition) is 5. The largest absolute Gasteiger partial charge is 0.493 e. The zero-order valence-electron chi connectivity index (χ0n) is 20.2. The minimum atomic E-state index is -1.13. The fourth-order valence-corrected chi connectivity index (χ4v) is 6.15. The molecule has 1 aliphatic rings. The zero-order chi connectivity index (χ0) is 23.8. The minimum Gasteiger partial charge on any atom is -0.493 e. The first-order valence-electron chi connectivity index (χ1n) is 11.2. The summed E-state index contributed by atoms with van der Waals surface area (Å²) in [4.78, 5) is 4.17. The second kappa shape index (κ2) is 9.38. The van der Waals surface area contributed by atoms with E-state index in [1.54, 1.807) is 13.3 Å². The number of ether oxygens (including phenoxy) is 3. The van der Waals surface area contributed by atoms with E-state index in [1.807, 2.05) is 23.0 Å². The molecule has 2 heterocycles. The van der Waals surface area contributed by atoms with Crippen molar-refractivity contribution < 1.29 is 14.2 Å². The Hall–Kier alpha value is -1.91. The molecule has 0 saturated heterocycles. The molecule has 0 bridgehead atoms. The van der Waals surface area contributed by atoms with E-state index >= 15 is 0 Å². The number of methoxy groups -OCH3 is 1. The highest BCUT2D eigenvalue weighted by atomic mass is 127. The summed E-state index contributed by atoms with van der Waals surface area (Å²) < 4.78 is 21.0. The van der Waals surface area contributed by atoms with Crippen molar-refractivity contribution >= 4 is 30.7 Å². The lowest BCUT2D eigenvalue weighted by Gasteiger charge is -2.22. The van der Waals surface area contributed by atoms with Gasteiger partial charge in [0.25, 0.3) is 0 Å². The Labute approximate surface area is 210 Å². The van der Waals surface area contributed by atoms with Crippen LogP contribution in [0.1, 0.15) is 30.5 Å². The van der Waals surface area contributed by atoms with Crippen LogP contribution in [0.15, 0.2) is 36.7 Å². The molecule has 2 aromatic heterocycles. The first-order chi connectivity index (χ1) is 15.6. The molecule has 4 rings (SSSR count). The summed E-state index contributed by atoms with van der Waals surface area (Å²) in [5, 5.41) is 4.83. The molecule has 0 amide bonds. The third-order valence-electron chi connectivity index (χ3n) is 6.09. The van der Waals surface area contributed by atoms with Gasteiger partial charge in [0.05, 0.1) is 12.8 Å². The predicted octanol–water partition coefficient (Wildman–Crippen LogP) is 6.09. The number of halogens is 1. The van der Waals surface area contributed by atoms with E-state index in [2.05, 4.69) is 73.2 Å². The van der Waals surface area contributed by atoms with Crippen LogP contribution in [0.4, 0.5) is 0 Å². The van der Waals surface area contributed by atoms with Crippen molar-refractivity contribution in [2.75, 3.05) is 13.7 Å². The number of rotatable bonds is 9. The van der Waals surface area contributed by atoms with E-state index in [0.717, 1.165) is 38.9 Å². The second-order valence-corrected chi connectivity index (χ2v) is 16.8. The number of pyridine rings is 1. The third kappa shape index (κ3) is 4.97. The lowest BCUT2D eigenvalue weighted by Crippen LogP contribution is -2.22. The Bertz CT molecular complexity index is 1140. The minimum absolute atomic E-state index is 0.198. The average molecular weight is 578 g/mol. The van der Waals surface area contributed by atoms with Gasteiger partial charge >= 0.3 is 0 Å². The Morgan fingerprint density at radius 3 is 2.61 bits per heavy atom. The Balaban J connectivity index is 1.65. The monoisotopic (exact) mass is 577 g/mol. The topological polar surface area (TPSA) is 58.4 Å². The highest BCUT2D eigenvalue weighted by Crippen LogP contribution is 2.53. The summed E-state index contributed by atoms with van der Waals surface area (Å²) in [7, 11) is 0.548. The van der Waals surface area contributed by atoms with Crippen LogP contribution in [0.25, 0.3) is 11.3 Å². The summed E-state index contributed by atoms with van der Waals surface area (Å²) >= 11 is 2.35. The van der Waals surface area contributed by atoms with Crippen LogP contribution >= 0.6 is 22.6 Å². The van der Waals surface area contributed by atoms with E-state index in [0.29, 0.717) is 19.1 Å². The zero-order valence-corrected chi connectivity index (χ0v) is 23.4. The average Bonchev–Trinajstić information content (AvgIpc) is 3.22. The maximum atomic E-state index is 6.17. The first-order valence-corrected chi connectivity index (χ1v) is 16.0. The van der Waals surface area contributed by atoms with Crippen molar-refractivity contribution in [3.8, 4) is 22.8 Å². The van der Waals surface area contributed by atoms with Crippen molar-refractivity contribution in [2.45, 2.75) is 58.3 Å². The summed E-state index contributed by atoms with van der Waals surface area (Å²) in [6.45, 7) is 13.2. The SMILES string of the molecule is COc1cc2c(cc1OCc1cccnc1)C(C)(C)c1c(I)nn(COCC[Si](C)(C)C)c1-2. The van der Waals surface area contributed by atoms with Crippen LogP contribution in [0.5, 0.6) is 11.5 Å². The van der Waals surface area contributed by atoms with Crippen LogP contribution < -0.4 is 9.47 Å².